The van der Waals surface area contributed by atoms with Crippen LogP contribution in [0.4, 0.5) is 0 Å². The van der Waals surface area contributed by atoms with Gasteiger partial charge in [0.2, 0.25) is 0 Å². The third-order valence-electron chi connectivity index (χ3n) is 4.94. The van der Waals surface area contributed by atoms with Crippen molar-refractivity contribution in [1.82, 2.24) is 19.5 Å². The fraction of sp³-hybridized carbons (Fsp3) is 0.389. The Bertz CT molecular complexity index is 1120. The molecule has 11 nitrogen and oxygen atoms in total. The van der Waals surface area contributed by atoms with Gasteiger partial charge in [-0.1, -0.05) is 30.3 Å². The summed E-state index contributed by atoms with van der Waals surface area (Å²) in [5.74, 6) is 0. The van der Waals surface area contributed by atoms with Gasteiger partial charge in [0.05, 0.1) is 18.6 Å². The van der Waals surface area contributed by atoms with E-state index in [0.717, 1.165) is 12.1 Å². The van der Waals surface area contributed by atoms with Crippen LogP contribution in [-0.2, 0) is 32.1 Å². The third kappa shape index (κ3) is 4.33. The average molecular weight is 435 g/mol. The zero-order valence-electron chi connectivity index (χ0n) is 15.8. The number of hydrogen-bond acceptors (Lipinski definition) is 9. The van der Waals surface area contributed by atoms with E-state index < -0.39 is 41.5 Å². The highest BCUT2D eigenvalue weighted by atomic mass is 32.2. The number of imidazole rings is 1. The molecule has 4 atom stereocenters. The van der Waals surface area contributed by atoms with Gasteiger partial charge in [-0.3, -0.25) is 8.75 Å². The summed E-state index contributed by atoms with van der Waals surface area (Å²) in [5.41, 5.74) is 2.89. The maximum absolute atomic E-state index is 11.0. The molecule has 2 aromatic heterocycles. The van der Waals surface area contributed by atoms with Crippen molar-refractivity contribution in [1.29, 1.82) is 0 Å². The lowest BCUT2D eigenvalue weighted by Crippen LogP contribution is -2.35. The molecule has 0 aliphatic carbocycles. The second-order valence-electron chi connectivity index (χ2n) is 6.95. The Kier molecular flexibility index (Phi) is 5.77. The van der Waals surface area contributed by atoms with Crippen molar-refractivity contribution in [3.8, 4) is 0 Å². The van der Waals surface area contributed by atoms with Crippen LogP contribution >= 0.6 is 0 Å². The number of nitrogens with two attached hydrogens (primary N) is 1. The van der Waals surface area contributed by atoms with Crippen LogP contribution in [-0.4, -0.2) is 63.1 Å². The summed E-state index contributed by atoms with van der Waals surface area (Å²) in [5, 5.41) is 25.4. The summed E-state index contributed by atoms with van der Waals surface area (Å²) >= 11 is 0. The van der Waals surface area contributed by atoms with E-state index in [0.29, 0.717) is 17.6 Å². The molecule has 3 heterocycles. The van der Waals surface area contributed by atoms with Crippen LogP contribution in [0.5, 0.6) is 0 Å². The van der Waals surface area contributed by atoms with E-state index in [2.05, 4.69) is 19.1 Å². The highest BCUT2D eigenvalue weighted by molar-refractivity contribution is 7.84. The minimum absolute atomic E-state index is 0.428. The minimum atomic E-state index is -4.21. The molecule has 160 valence electrons. The van der Waals surface area contributed by atoms with Crippen molar-refractivity contribution < 1.29 is 27.6 Å². The van der Waals surface area contributed by atoms with Gasteiger partial charge in [0.15, 0.2) is 11.9 Å². The molecule has 0 spiro atoms. The maximum Gasteiger partial charge on any atom is 0.333 e. The summed E-state index contributed by atoms with van der Waals surface area (Å²) in [4.78, 5) is 12.9. The van der Waals surface area contributed by atoms with Gasteiger partial charge in [-0.2, -0.15) is 8.42 Å². The summed E-state index contributed by atoms with van der Waals surface area (Å²) < 4.78 is 33.6. The van der Waals surface area contributed by atoms with Crippen molar-refractivity contribution in [2.24, 2.45) is 5.14 Å². The van der Waals surface area contributed by atoms with Crippen LogP contribution in [0.1, 0.15) is 17.5 Å². The average Bonchev–Trinajstić information content (AvgIpc) is 3.27. The summed E-state index contributed by atoms with van der Waals surface area (Å²) in [6.07, 6.45) is -0.603. The molecular formula is C18H21N5O6S. The molecule has 3 aromatic rings. The molecule has 1 fully saturated rings. The molecule has 0 unspecified atom stereocenters. The molecule has 0 bridgehead atoms. The second kappa shape index (κ2) is 8.34. The van der Waals surface area contributed by atoms with Crippen molar-refractivity contribution in [2.45, 2.75) is 37.4 Å². The molecule has 30 heavy (non-hydrogen) atoms. The second-order valence-corrected chi connectivity index (χ2v) is 8.17. The Morgan fingerprint density at radius 3 is 2.60 bits per heavy atom. The molecule has 1 aliphatic rings. The van der Waals surface area contributed by atoms with Crippen LogP contribution in [0.25, 0.3) is 11.2 Å². The fourth-order valence-corrected chi connectivity index (χ4v) is 3.76. The van der Waals surface area contributed by atoms with Gasteiger partial charge in [0.1, 0.15) is 30.2 Å². The predicted octanol–water partition coefficient (Wildman–Crippen LogP) is -0.549. The molecular weight excluding hydrogens is 414 g/mol. The Morgan fingerprint density at radius 2 is 1.87 bits per heavy atom. The normalized spacial score (nSPS) is 24.5. The zero-order valence-corrected chi connectivity index (χ0v) is 16.6. The van der Waals surface area contributed by atoms with Gasteiger partial charge in [-0.15, -0.1) is 0 Å². The number of benzene rings is 1. The van der Waals surface area contributed by atoms with E-state index in [9.17, 15) is 18.6 Å². The Balaban J connectivity index is 1.55. The van der Waals surface area contributed by atoms with E-state index in [1.807, 2.05) is 30.3 Å². The molecule has 4 rings (SSSR count). The SMILES string of the molecule is NS(=O)(=O)OC[C@H]1O[C@@H](n2cnc3c(CCc4ccccc4)ncnc32)[C@H](O)[C@@H]1O. The number of aryl methyl sites for hydroxylation is 2. The number of rotatable bonds is 7. The number of fused-ring (bicyclic) bond motifs is 1. The lowest BCUT2D eigenvalue weighted by Gasteiger charge is -2.16. The van der Waals surface area contributed by atoms with Crippen molar-refractivity contribution in [3.05, 3.63) is 54.2 Å². The van der Waals surface area contributed by atoms with Crippen LogP contribution in [0, 0.1) is 0 Å². The standard InChI is InChI=1S/C18H21N5O6S/c19-30(26,27)28-8-13-15(24)16(25)18(29-13)23-10-22-14-12(20-9-21-17(14)23)7-6-11-4-2-1-3-5-11/h1-5,9-10,13,15-16,18,24-25H,6-8H2,(H2,19,26,27)/t13-,15-,16-,18-/m1/s1. The first kappa shape index (κ1) is 20.8. The van der Waals surface area contributed by atoms with Crippen LogP contribution in [0.15, 0.2) is 43.0 Å². The number of hydrogen-bond donors (Lipinski definition) is 3. The monoisotopic (exact) mass is 435 g/mol. The number of ether oxygens (including phenoxy) is 1. The van der Waals surface area contributed by atoms with Crippen molar-refractivity contribution in [3.63, 3.8) is 0 Å². The highest BCUT2D eigenvalue weighted by Crippen LogP contribution is 2.32. The summed E-state index contributed by atoms with van der Waals surface area (Å²) in [7, 11) is -4.21. The predicted molar refractivity (Wildman–Crippen MR) is 104 cm³/mol. The Morgan fingerprint density at radius 1 is 1.10 bits per heavy atom. The number of aromatic nitrogens is 4. The van der Waals surface area contributed by atoms with Crippen LogP contribution in [0.2, 0.25) is 0 Å². The van der Waals surface area contributed by atoms with Gasteiger partial charge < -0.3 is 14.9 Å². The van der Waals surface area contributed by atoms with Crippen molar-refractivity contribution in [2.75, 3.05) is 6.61 Å². The highest BCUT2D eigenvalue weighted by Gasteiger charge is 2.44. The van der Waals surface area contributed by atoms with E-state index in [4.69, 9.17) is 9.88 Å². The number of aliphatic hydroxyl groups excluding tert-OH is 2. The quantitative estimate of drug-likeness (QED) is 0.442. The zero-order chi connectivity index (χ0) is 21.3. The topological polar surface area (TPSA) is 163 Å². The van der Waals surface area contributed by atoms with Gasteiger partial charge >= 0.3 is 10.3 Å². The summed E-state index contributed by atoms with van der Waals surface area (Å²) in [6, 6.07) is 9.96. The molecule has 1 aliphatic heterocycles. The van der Waals surface area contributed by atoms with E-state index in [1.165, 1.54) is 22.8 Å². The minimum Gasteiger partial charge on any atom is -0.387 e. The lowest BCUT2D eigenvalue weighted by atomic mass is 10.1. The first-order chi connectivity index (χ1) is 14.3. The molecule has 0 radical (unpaired) electrons. The van der Waals surface area contributed by atoms with E-state index in [1.54, 1.807) is 0 Å². The maximum atomic E-state index is 11.0. The van der Waals surface area contributed by atoms with Crippen LogP contribution < -0.4 is 5.14 Å². The van der Waals surface area contributed by atoms with E-state index in [-0.39, 0.29) is 0 Å². The van der Waals surface area contributed by atoms with Gasteiger partial charge in [-0.25, -0.2) is 20.1 Å². The molecule has 0 amide bonds. The van der Waals surface area contributed by atoms with Gasteiger partial charge in [0, 0.05) is 0 Å². The Labute approximate surface area is 172 Å². The molecule has 1 saturated heterocycles. The Hall–Kier alpha value is -2.48. The molecule has 0 saturated carbocycles. The fourth-order valence-electron chi connectivity index (χ4n) is 3.44. The van der Waals surface area contributed by atoms with Gasteiger partial charge in [0.25, 0.3) is 0 Å². The number of aliphatic hydroxyl groups is 2. The van der Waals surface area contributed by atoms with E-state index >= 15 is 0 Å². The van der Waals surface area contributed by atoms with Crippen molar-refractivity contribution >= 4 is 21.5 Å². The smallest absolute Gasteiger partial charge is 0.333 e. The first-order valence-corrected chi connectivity index (χ1v) is 10.7. The first-order valence-electron chi connectivity index (χ1n) is 9.22. The van der Waals surface area contributed by atoms with Crippen LogP contribution in [0.3, 0.4) is 0 Å². The molecule has 12 heteroatoms. The molecule has 4 N–H and O–H groups in total. The molecule has 1 aromatic carbocycles. The lowest BCUT2D eigenvalue weighted by molar-refractivity contribution is -0.0467. The third-order valence-corrected chi connectivity index (χ3v) is 5.40. The van der Waals surface area contributed by atoms with Gasteiger partial charge in [-0.05, 0) is 18.4 Å². The largest absolute Gasteiger partial charge is 0.387 e. The summed E-state index contributed by atoms with van der Waals surface area (Å²) in [6.45, 7) is -0.530. The number of nitrogens with zero attached hydrogens (tertiary/aromatic N) is 4.